The number of nitrogens with zero attached hydrogens (tertiary/aromatic N) is 1. The number of guanidine groups is 1. The van der Waals surface area contributed by atoms with Gasteiger partial charge in [0.15, 0.2) is 5.96 Å². The third-order valence-corrected chi connectivity index (χ3v) is 3.45. The lowest BCUT2D eigenvalue weighted by atomic mass is 10.2. The fraction of sp³-hybridized carbons (Fsp3) is 0.500. The molecule has 0 bridgehead atoms. The van der Waals surface area contributed by atoms with Crippen LogP contribution < -0.4 is 16.0 Å². The van der Waals surface area contributed by atoms with Crippen LogP contribution in [0.3, 0.4) is 0 Å². The van der Waals surface area contributed by atoms with Gasteiger partial charge in [-0.3, -0.25) is 4.79 Å². The number of carbonyl (C=O) groups is 1. The lowest BCUT2D eigenvalue weighted by Gasteiger charge is -2.12. The van der Waals surface area contributed by atoms with Gasteiger partial charge in [0.1, 0.15) is 0 Å². The molecule has 0 radical (unpaired) electrons. The Morgan fingerprint density at radius 1 is 1.26 bits per heavy atom. The zero-order chi connectivity index (χ0) is 17.2. The quantitative estimate of drug-likeness (QED) is 0.518. The molecule has 0 spiro atoms. The second-order valence-corrected chi connectivity index (χ2v) is 6.17. The van der Waals surface area contributed by atoms with Gasteiger partial charge in [0.25, 0.3) is 0 Å². The van der Waals surface area contributed by atoms with E-state index in [0.717, 1.165) is 12.1 Å². The van der Waals surface area contributed by atoms with Crippen LogP contribution in [0.1, 0.15) is 32.8 Å². The highest BCUT2D eigenvalue weighted by Gasteiger charge is 2.05. The van der Waals surface area contributed by atoms with Crippen LogP contribution in [0.4, 0.5) is 0 Å². The molecule has 0 aromatic heterocycles. The van der Waals surface area contributed by atoms with E-state index in [2.05, 4.69) is 20.9 Å². The Labute approximate surface area is 147 Å². The molecule has 3 N–H and O–H groups in total. The van der Waals surface area contributed by atoms with Crippen LogP contribution in [0, 0.1) is 0 Å². The van der Waals surface area contributed by atoms with E-state index in [1.165, 1.54) is 0 Å². The molecule has 0 unspecified atom stereocenters. The third kappa shape index (κ3) is 8.09. The van der Waals surface area contributed by atoms with Gasteiger partial charge in [0.05, 0.1) is 6.54 Å². The Kier molecular flexibility index (Phi) is 8.81. The van der Waals surface area contributed by atoms with Crippen molar-refractivity contribution < 1.29 is 4.79 Å². The Morgan fingerprint density at radius 3 is 2.61 bits per heavy atom. The van der Waals surface area contributed by atoms with E-state index in [4.69, 9.17) is 23.2 Å². The minimum absolute atomic E-state index is 0.0177. The maximum Gasteiger partial charge on any atom is 0.221 e. The van der Waals surface area contributed by atoms with Crippen molar-refractivity contribution in [2.45, 2.75) is 39.8 Å². The Hall–Kier alpha value is -1.46. The van der Waals surface area contributed by atoms with Crippen molar-refractivity contribution >= 4 is 35.1 Å². The number of aliphatic imine (C=N–C) groups is 1. The van der Waals surface area contributed by atoms with Crippen LogP contribution in [0.2, 0.25) is 10.0 Å². The summed E-state index contributed by atoms with van der Waals surface area (Å²) in [5.41, 5.74) is 0.894. The second-order valence-electron chi connectivity index (χ2n) is 5.33. The predicted molar refractivity (Wildman–Crippen MR) is 97.2 cm³/mol. The maximum atomic E-state index is 11.6. The van der Waals surface area contributed by atoms with Crippen molar-refractivity contribution in [3.05, 3.63) is 33.8 Å². The molecule has 0 aliphatic rings. The van der Waals surface area contributed by atoms with Gasteiger partial charge < -0.3 is 16.0 Å². The number of hydrogen-bond donors (Lipinski definition) is 3. The minimum Gasteiger partial charge on any atom is -0.357 e. The summed E-state index contributed by atoms with van der Waals surface area (Å²) in [7, 11) is 0. The van der Waals surface area contributed by atoms with Crippen molar-refractivity contribution in [3.8, 4) is 0 Å². The first kappa shape index (κ1) is 19.6. The van der Waals surface area contributed by atoms with Gasteiger partial charge in [0.2, 0.25) is 5.91 Å². The zero-order valence-corrected chi connectivity index (χ0v) is 15.3. The molecular weight excluding hydrogens is 335 g/mol. The number of nitrogens with one attached hydrogen (secondary N) is 3. The van der Waals surface area contributed by atoms with Crippen molar-refractivity contribution in [3.63, 3.8) is 0 Å². The second kappa shape index (κ2) is 10.3. The van der Waals surface area contributed by atoms with Crippen molar-refractivity contribution in [2.24, 2.45) is 4.99 Å². The number of amides is 1. The fourth-order valence-corrected chi connectivity index (χ4v) is 2.31. The third-order valence-electron chi connectivity index (χ3n) is 2.86. The molecule has 5 nitrogen and oxygen atoms in total. The zero-order valence-electron chi connectivity index (χ0n) is 13.7. The minimum atomic E-state index is 0.0177. The normalized spacial score (nSPS) is 11.5. The van der Waals surface area contributed by atoms with E-state index in [1.807, 2.05) is 26.8 Å². The van der Waals surface area contributed by atoms with E-state index in [1.54, 1.807) is 12.1 Å². The van der Waals surface area contributed by atoms with Gasteiger partial charge in [-0.25, -0.2) is 4.99 Å². The first-order valence-electron chi connectivity index (χ1n) is 7.67. The molecule has 1 aromatic carbocycles. The maximum absolute atomic E-state index is 11.6. The summed E-state index contributed by atoms with van der Waals surface area (Å²) in [6, 6.07) is 5.49. The van der Waals surface area contributed by atoms with Crippen molar-refractivity contribution in [1.82, 2.24) is 16.0 Å². The van der Waals surface area contributed by atoms with Gasteiger partial charge in [0, 0.05) is 35.6 Å². The highest BCUT2D eigenvalue weighted by molar-refractivity contribution is 6.35. The van der Waals surface area contributed by atoms with Crippen LogP contribution in [-0.2, 0) is 11.3 Å². The molecule has 0 fully saturated rings. The monoisotopic (exact) mass is 358 g/mol. The van der Waals surface area contributed by atoms with Gasteiger partial charge in [-0.2, -0.15) is 0 Å². The van der Waals surface area contributed by atoms with Crippen LogP contribution >= 0.6 is 23.2 Å². The smallest absolute Gasteiger partial charge is 0.221 e. The summed E-state index contributed by atoms with van der Waals surface area (Å²) in [6.45, 7) is 7.54. The topological polar surface area (TPSA) is 65.5 Å². The van der Waals surface area contributed by atoms with E-state index in [9.17, 15) is 4.79 Å². The summed E-state index contributed by atoms with van der Waals surface area (Å²) in [5, 5.41) is 10.3. The summed E-state index contributed by atoms with van der Waals surface area (Å²) in [6.07, 6.45) is 0.393. The first-order chi connectivity index (χ1) is 10.9. The number of carbonyl (C=O) groups excluding carboxylic acids is 1. The first-order valence-corrected chi connectivity index (χ1v) is 8.43. The molecule has 23 heavy (non-hydrogen) atoms. The molecule has 0 heterocycles. The van der Waals surface area contributed by atoms with Crippen molar-refractivity contribution in [2.75, 3.05) is 13.1 Å². The van der Waals surface area contributed by atoms with E-state index in [0.29, 0.717) is 35.5 Å². The van der Waals surface area contributed by atoms with Gasteiger partial charge >= 0.3 is 0 Å². The fourth-order valence-electron chi connectivity index (χ4n) is 1.84. The van der Waals surface area contributed by atoms with E-state index < -0.39 is 0 Å². The standard InChI is InChI=1S/C16H24Cl2N4O/c1-4-19-16(20-8-7-15(23)22-11(2)3)21-10-12-5-6-13(17)9-14(12)18/h5-6,9,11H,4,7-8,10H2,1-3H3,(H,22,23)(H2,19,20,21). The van der Waals surface area contributed by atoms with Crippen LogP contribution in [-0.4, -0.2) is 31.0 Å². The lowest BCUT2D eigenvalue weighted by molar-refractivity contribution is -0.121. The Balaban J connectivity index is 2.54. The lowest BCUT2D eigenvalue weighted by Crippen LogP contribution is -2.40. The van der Waals surface area contributed by atoms with Gasteiger partial charge in [-0.1, -0.05) is 29.3 Å². The average molecular weight is 359 g/mol. The van der Waals surface area contributed by atoms with Crippen molar-refractivity contribution in [1.29, 1.82) is 0 Å². The molecular formula is C16H24Cl2N4O. The number of benzene rings is 1. The molecule has 1 aromatic rings. The molecule has 0 saturated heterocycles. The average Bonchev–Trinajstić information content (AvgIpc) is 2.45. The highest BCUT2D eigenvalue weighted by atomic mass is 35.5. The van der Waals surface area contributed by atoms with Crippen LogP contribution in [0.15, 0.2) is 23.2 Å². The highest BCUT2D eigenvalue weighted by Crippen LogP contribution is 2.21. The molecule has 0 aliphatic carbocycles. The number of rotatable bonds is 7. The molecule has 1 rings (SSSR count). The van der Waals surface area contributed by atoms with Crippen LogP contribution in [0.5, 0.6) is 0 Å². The summed E-state index contributed by atoms with van der Waals surface area (Å²) in [4.78, 5) is 16.1. The Morgan fingerprint density at radius 2 is 2.00 bits per heavy atom. The van der Waals surface area contributed by atoms with Gasteiger partial charge in [-0.15, -0.1) is 0 Å². The molecule has 0 atom stereocenters. The largest absolute Gasteiger partial charge is 0.357 e. The van der Waals surface area contributed by atoms with Crippen LogP contribution in [0.25, 0.3) is 0 Å². The summed E-state index contributed by atoms with van der Waals surface area (Å²) >= 11 is 12.0. The number of halogens is 2. The van der Waals surface area contributed by atoms with Gasteiger partial charge in [-0.05, 0) is 38.5 Å². The van der Waals surface area contributed by atoms with E-state index >= 15 is 0 Å². The molecule has 128 valence electrons. The molecule has 7 heteroatoms. The Bertz CT molecular complexity index is 547. The predicted octanol–water partition coefficient (Wildman–Crippen LogP) is 2.96. The number of hydrogen-bond acceptors (Lipinski definition) is 2. The SMILES string of the molecule is CCNC(=NCc1ccc(Cl)cc1Cl)NCCC(=O)NC(C)C. The molecule has 0 aliphatic heterocycles. The summed E-state index contributed by atoms with van der Waals surface area (Å²) < 4.78 is 0. The van der Waals surface area contributed by atoms with E-state index in [-0.39, 0.29) is 11.9 Å². The molecule has 1 amide bonds. The molecule has 0 saturated carbocycles. The summed E-state index contributed by atoms with van der Waals surface area (Å²) in [5.74, 6) is 0.667.